The van der Waals surface area contributed by atoms with Crippen molar-refractivity contribution < 1.29 is 14.6 Å². The summed E-state index contributed by atoms with van der Waals surface area (Å²) in [5, 5.41) is 7.79. The van der Waals surface area contributed by atoms with Gasteiger partial charge >= 0.3 is 5.97 Å². The van der Waals surface area contributed by atoms with Gasteiger partial charge in [0.15, 0.2) is 0 Å². The number of carbonyl (C=O) groups is 1. The number of benzene rings is 1. The SMILES string of the molecule is CCCCCCCCCc1ccccc1.COCC(=O)O. The van der Waals surface area contributed by atoms with Gasteiger partial charge in [-0.15, -0.1) is 0 Å². The first-order valence-corrected chi connectivity index (χ1v) is 7.95. The summed E-state index contributed by atoms with van der Waals surface area (Å²) >= 11 is 0. The summed E-state index contributed by atoms with van der Waals surface area (Å²) in [7, 11) is 1.34. The molecule has 21 heavy (non-hydrogen) atoms. The van der Waals surface area contributed by atoms with Gasteiger partial charge in [0.05, 0.1) is 0 Å². The molecule has 3 nitrogen and oxygen atoms in total. The minimum Gasteiger partial charge on any atom is -0.480 e. The Bertz CT molecular complexity index is 336. The molecule has 0 saturated heterocycles. The first kappa shape index (κ1) is 19.7. The number of rotatable bonds is 10. The molecule has 0 radical (unpaired) electrons. The Labute approximate surface area is 129 Å². The predicted molar refractivity (Wildman–Crippen MR) is 87.7 cm³/mol. The first-order valence-electron chi connectivity index (χ1n) is 7.95. The van der Waals surface area contributed by atoms with Crippen molar-refractivity contribution in [3.05, 3.63) is 35.9 Å². The number of aryl methyl sites for hydroxylation is 1. The minimum atomic E-state index is -0.933. The topological polar surface area (TPSA) is 46.5 Å². The van der Waals surface area contributed by atoms with Crippen LogP contribution in [0.2, 0.25) is 0 Å². The molecular weight excluding hydrogens is 264 g/mol. The summed E-state index contributed by atoms with van der Waals surface area (Å²) in [5.74, 6) is -0.933. The zero-order chi connectivity index (χ0) is 15.8. The van der Waals surface area contributed by atoms with E-state index in [0.29, 0.717) is 0 Å². The van der Waals surface area contributed by atoms with Gasteiger partial charge in [-0.2, -0.15) is 0 Å². The van der Waals surface area contributed by atoms with Crippen molar-refractivity contribution in [1.82, 2.24) is 0 Å². The van der Waals surface area contributed by atoms with Gasteiger partial charge in [0.2, 0.25) is 0 Å². The largest absolute Gasteiger partial charge is 0.480 e. The van der Waals surface area contributed by atoms with Crippen LogP contribution in [-0.2, 0) is 16.0 Å². The van der Waals surface area contributed by atoms with Crippen LogP contribution in [0.5, 0.6) is 0 Å². The predicted octanol–water partition coefficient (Wildman–Crippen LogP) is 4.70. The highest BCUT2D eigenvalue weighted by molar-refractivity contribution is 5.67. The highest BCUT2D eigenvalue weighted by Gasteiger charge is 1.93. The van der Waals surface area contributed by atoms with Gasteiger partial charge < -0.3 is 9.84 Å². The molecule has 0 unspecified atom stereocenters. The van der Waals surface area contributed by atoms with E-state index in [1.807, 2.05) is 0 Å². The fraction of sp³-hybridized carbons (Fsp3) is 0.611. The number of carboxylic acid groups (broad SMARTS) is 1. The summed E-state index contributed by atoms with van der Waals surface area (Å²) in [6.07, 6.45) is 11.1. The molecule has 3 heteroatoms. The molecule has 0 spiro atoms. The molecule has 0 heterocycles. The maximum atomic E-state index is 9.47. The van der Waals surface area contributed by atoms with Gasteiger partial charge in [0.1, 0.15) is 6.61 Å². The maximum absolute atomic E-state index is 9.47. The molecule has 1 aromatic rings. The number of ether oxygens (including phenoxy) is 1. The van der Waals surface area contributed by atoms with Gasteiger partial charge in [-0.1, -0.05) is 75.8 Å². The minimum absolute atomic E-state index is 0.208. The summed E-state index contributed by atoms with van der Waals surface area (Å²) in [6.45, 7) is 2.06. The number of hydrogen-bond donors (Lipinski definition) is 1. The second-order valence-corrected chi connectivity index (χ2v) is 5.18. The van der Waals surface area contributed by atoms with E-state index >= 15 is 0 Å². The summed E-state index contributed by atoms with van der Waals surface area (Å²) < 4.78 is 4.20. The Kier molecular flexibility index (Phi) is 14.1. The normalized spacial score (nSPS) is 9.81. The van der Waals surface area contributed by atoms with Crippen LogP contribution < -0.4 is 0 Å². The lowest BCUT2D eigenvalue weighted by molar-refractivity contribution is -0.141. The van der Waals surface area contributed by atoms with Crippen LogP contribution in [0, 0.1) is 0 Å². The van der Waals surface area contributed by atoms with Gasteiger partial charge in [0.25, 0.3) is 0 Å². The zero-order valence-corrected chi connectivity index (χ0v) is 13.5. The van der Waals surface area contributed by atoms with Crippen molar-refractivity contribution in [2.75, 3.05) is 13.7 Å². The van der Waals surface area contributed by atoms with Crippen LogP contribution in [-0.4, -0.2) is 24.8 Å². The van der Waals surface area contributed by atoms with Crippen molar-refractivity contribution in [3.63, 3.8) is 0 Å². The summed E-state index contributed by atoms with van der Waals surface area (Å²) in [4.78, 5) is 9.47. The standard InChI is InChI=1S/C15H24.C3H6O3/c1-2-3-4-5-6-7-9-12-15-13-10-8-11-14-15;1-6-2-3(4)5/h8,10-11,13-14H,2-7,9,12H2,1H3;2H2,1H3,(H,4,5). The first-order chi connectivity index (χ1) is 10.2. The van der Waals surface area contributed by atoms with Crippen LogP contribution >= 0.6 is 0 Å². The molecule has 0 bridgehead atoms. The summed E-state index contributed by atoms with van der Waals surface area (Å²) in [6, 6.07) is 10.8. The maximum Gasteiger partial charge on any atom is 0.329 e. The van der Waals surface area contributed by atoms with E-state index in [1.165, 1.54) is 64.0 Å². The number of hydrogen-bond acceptors (Lipinski definition) is 2. The second kappa shape index (κ2) is 15.0. The second-order valence-electron chi connectivity index (χ2n) is 5.18. The number of methoxy groups -OCH3 is 1. The lowest BCUT2D eigenvalue weighted by Crippen LogP contribution is -2.02. The van der Waals surface area contributed by atoms with Crippen LogP contribution in [0.15, 0.2) is 30.3 Å². The van der Waals surface area contributed by atoms with Crippen molar-refractivity contribution in [1.29, 1.82) is 0 Å². The van der Waals surface area contributed by atoms with E-state index in [9.17, 15) is 4.79 Å². The molecule has 0 aliphatic carbocycles. The molecule has 0 atom stereocenters. The molecule has 0 amide bonds. The lowest BCUT2D eigenvalue weighted by atomic mass is 10.0. The number of carboxylic acids is 1. The monoisotopic (exact) mass is 294 g/mol. The highest BCUT2D eigenvalue weighted by atomic mass is 16.5. The fourth-order valence-electron chi connectivity index (χ4n) is 2.05. The molecule has 0 saturated carbocycles. The van der Waals surface area contributed by atoms with Gasteiger partial charge in [0, 0.05) is 7.11 Å². The lowest BCUT2D eigenvalue weighted by Gasteiger charge is -2.01. The quantitative estimate of drug-likeness (QED) is 0.636. The van der Waals surface area contributed by atoms with Gasteiger partial charge in [-0.3, -0.25) is 0 Å². The van der Waals surface area contributed by atoms with Crippen LogP contribution in [0.3, 0.4) is 0 Å². The Morgan fingerprint density at radius 1 is 1.00 bits per heavy atom. The molecule has 0 fully saturated rings. The van der Waals surface area contributed by atoms with Crippen molar-refractivity contribution in [2.45, 2.75) is 58.3 Å². The molecule has 1 rings (SSSR count). The Morgan fingerprint density at radius 3 is 2.05 bits per heavy atom. The van der Waals surface area contributed by atoms with Crippen molar-refractivity contribution in [3.8, 4) is 0 Å². The van der Waals surface area contributed by atoms with E-state index in [2.05, 4.69) is 42.0 Å². The molecule has 1 N–H and O–H groups in total. The third-order valence-electron chi connectivity index (χ3n) is 3.18. The van der Waals surface area contributed by atoms with Gasteiger partial charge in [-0.05, 0) is 18.4 Å². The molecule has 0 aliphatic rings. The Hall–Kier alpha value is -1.35. The molecular formula is C18H30O3. The van der Waals surface area contributed by atoms with E-state index in [-0.39, 0.29) is 6.61 Å². The third kappa shape index (κ3) is 14.9. The fourth-order valence-corrected chi connectivity index (χ4v) is 2.05. The zero-order valence-electron chi connectivity index (χ0n) is 13.5. The molecule has 0 aromatic heterocycles. The smallest absolute Gasteiger partial charge is 0.329 e. The number of aliphatic carboxylic acids is 1. The van der Waals surface area contributed by atoms with Crippen LogP contribution in [0.25, 0.3) is 0 Å². The number of unbranched alkanes of at least 4 members (excludes halogenated alkanes) is 6. The Balaban J connectivity index is 0.000000567. The highest BCUT2D eigenvalue weighted by Crippen LogP contribution is 2.10. The van der Waals surface area contributed by atoms with E-state index in [0.717, 1.165) is 0 Å². The average Bonchev–Trinajstić information content (AvgIpc) is 2.48. The average molecular weight is 294 g/mol. The van der Waals surface area contributed by atoms with Crippen molar-refractivity contribution in [2.24, 2.45) is 0 Å². The van der Waals surface area contributed by atoms with Crippen LogP contribution in [0.4, 0.5) is 0 Å². The van der Waals surface area contributed by atoms with E-state index < -0.39 is 5.97 Å². The van der Waals surface area contributed by atoms with Crippen molar-refractivity contribution >= 4 is 5.97 Å². The van der Waals surface area contributed by atoms with E-state index in [1.54, 1.807) is 0 Å². The van der Waals surface area contributed by atoms with Gasteiger partial charge in [-0.25, -0.2) is 4.79 Å². The molecule has 0 aliphatic heterocycles. The Morgan fingerprint density at radius 2 is 1.57 bits per heavy atom. The van der Waals surface area contributed by atoms with Crippen LogP contribution in [0.1, 0.15) is 57.4 Å². The molecule has 120 valence electrons. The summed E-state index contributed by atoms with van der Waals surface area (Å²) in [5.41, 5.74) is 1.49. The third-order valence-corrected chi connectivity index (χ3v) is 3.18. The molecule has 1 aromatic carbocycles. The van der Waals surface area contributed by atoms with E-state index in [4.69, 9.17) is 5.11 Å².